The Hall–Kier alpha value is -3.15. The fourth-order valence-electron chi connectivity index (χ4n) is 2.77. The van der Waals surface area contributed by atoms with Crippen molar-refractivity contribution < 1.29 is 14.4 Å². The Balaban J connectivity index is 1.74. The zero-order valence-corrected chi connectivity index (χ0v) is 13.0. The summed E-state index contributed by atoms with van der Waals surface area (Å²) in [7, 11) is 0. The molecule has 0 spiro atoms. The Kier molecular flexibility index (Phi) is 4.29. The smallest absolute Gasteiger partial charge is 0.316 e. The van der Waals surface area contributed by atoms with Gasteiger partial charge < -0.3 is 16.0 Å². The Morgan fingerprint density at radius 2 is 1.71 bits per heavy atom. The maximum atomic E-state index is 12.5. The van der Waals surface area contributed by atoms with Gasteiger partial charge in [-0.05, 0) is 48.7 Å². The molecule has 24 heavy (non-hydrogen) atoms. The van der Waals surface area contributed by atoms with Crippen LogP contribution >= 0.6 is 0 Å². The summed E-state index contributed by atoms with van der Waals surface area (Å²) >= 11 is 0. The molecule has 0 saturated heterocycles. The lowest BCUT2D eigenvalue weighted by Crippen LogP contribution is -2.42. The van der Waals surface area contributed by atoms with Crippen LogP contribution < -0.4 is 16.0 Å². The van der Waals surface area contributed by atoms with Crippen LogP contribution in [0.15, 0.2) is 48.5 Å². The molecule has 3 N–H and O–H groups in total. The number of hydrogen-bond acceptors (Lipinski definition) is 3. The Labute approximate surface area is 139 Å². The number of rotatable bonds is 2. The molecule has 122 valence electrons. The molecule has 3 amide bonds. The van der Waals surface area contributed by atoms with Gasteiger partial charge in [0.25, 0.3) is 0 Å². The highest BCUT2D eigenvalue weighted by atomic mass is 16.2. The predicted octanol–water partition coefficient (Wildman–Crippen LogP) is 1.70. The molecule has 0 radical (unpaired) electrons. The quantitative estimate of drug-likeness (QED) is 0.824. The number of para-hydroxylation sites is 1. The number of fused-ring (bicyclic) bond motifs is 1. The lowest BCUT2D eigenvalue weighted by Gasteiger charge is -2.28. The van der Waals surface area contributed by atoms with Crippen LogP contribution in [0.25, 0.3) is 0 Å². The van der Waals surface area contributed by atoms with Crippen molar-refractivity contribution in [3.05, 3.63) is 59.7 Å². The molecule has 1 heterocycles. The van der Waals surface area contributed by atoms with Crippen LogP contribution in [0.3, 0.4) is 0 Å². The van der Waals surface area contributed by atoms with E-state index in [0.29, 0.717) is 17.8 Å². The third kappa shape index (κ3) is 3.12. The van der Waals surface area contributed by atoms with E-state index in [0.717, 1.165) is 24.1 Å². The summed E-state index contributed by atoms with van der Waals surface area (Å²) in [5, 5.41) is 2.55. The van der Waals surface area contributed by atoms with E-state index < -0.39 is 17.7 Å². The second kappa shape index (κ2) is 6.54. The van der Waals surface area contributed by atoms with Gasteiger partial charge in [0, 0.05) is 23.5 Å². The summed E-state index contributed by atoms with van der Waals surface area (Å²) in [5.74, 6) is -1.85. The van der Waals surface area contributed by atoms with Crippen molar-refractivity contribution in [2.45, 2.75) is 12.8 Å². The van der Waals surface area contributed by atoms with Gasteiger partial charge in [-0.25, -0.2) is 0 Å². The van der Waals surface area contributed by atoms with E-state index in [-0.39, 0.29) is 0 Å². The fourth-order valence-corrected chi connectivity index (χ4v) is 2.77. The van der Waals surface area contributed by atoms with Gasteiger partial charge >= 0.3 is 11.8 Å². The molecule has 2 aromatic carbocycles. The lowest BCUT2D eigenvalue weighted by molar-refractivity contribution is -0.134. The minimum atomic E-state index is -0.710. The van der Waals surface area contributed by atoms with E-state index in [9.17, 15) is 14.4 Å². The number of carbonyl (C=O) groups excluding carboxylic acids is 3. The standard InChI is InChI=1S/C18H17N3O3/c19-16(22)13-7-9-14(10-8-13)20-17(23)18(24)21-11-3-5-12-4-1-2-6-15(12)21/h1-2,4,6-10H,3,5,11H2,(H2,19,22)(H,20,23). The largest absolute Gasteiger partial charge is 0.366 e. The van der Waals surface area contributed by atoms with Crippen LogP contribution in [0.2, 0.25) is 0 Å². The Morgan fingerprint density at radius 3 is 2.42 bits per heavy atom. The fraction of sp³-hybridized carbons (Fsp3) is 0.167. The first-order valence-corrected chi connectivity index (χ1v) is 7.67. The van der Waals surface area contributed by atoms with Crippen molar-refractivity contribution in [2.24, 2.45) is 5.73 Å². The molecule has 1 aliphatic rings. The maximum absolute atomic E-state index is 12.5. The highest BCUT2D eigenvalue weighted by molar-refractivity contribution is 6.44. The molecule has 0 aromatic heterocycles. The number of nitrogens with two attached hydrogens (primary N) is 1. The summed E-state index contributed by atoms with van der Waals surface area (Å²) in [4.78, 5) is 37.3. The zero-order chi connectivity index (χ0) is 17.1. The van der Waals surface area contributed by atoms with Crippen LogP contribution in [-0.2, 0) is 16.0 Å². The highest BCUT2D eigenvalue weighted by Gasteiger charge is 2.27. The molecular formula is C18H17N3O3. The average Bonchev–Trinajstić information content (AvgIpc) is 2.61. The first kappa shape index (κ1) is 15.7. The van der Waals surface area contributed by atoms with Crippen LogP contribution in [0, 0.1) is 0 Å². The summed E-state index contributed by atoms with van der Waals surface area (Å²) in [6.45, 7) is 0.518. The molecule has 0 aliphatic carbocycles. The van der Waals surface area contributed by atoms with Crippen molar-refractivity contribution >= 4 is 29.1 Å². The van der Waals surface area contributed by atoms with Gasteiger partial charge in [0.15, 0.2) is 0 Å². The number of anilines is 2. The molecule has 6 nitrogen and oxygen atoms in total. The third-order valence-corrected chi connectivity index (χ3v) is 3.98. The van der Waals surface area contributed by atoms with Gasteiger partial charge in [-0.1, -0.05) is 18.2 Å². The molecule has 0 saturated carbocycles. The van der Waals surface area contributed by atoms with Crippen LogP contribution in [0.4, 0.5) is 11.4 Å². The van der Waals surface area contributed by atoms with Crippen molar-refractivity contribution in [3.8, 4) is 0 Å². The number of aryl methyl sites for hydroxylation is 1. The third-order valence-electron chi connectivity index (χ3n) is 3.98. The first-order valence-electron chi connectivity index (χ1n) is 7.67. The van der Waals surface area contributed by atoms with Gasteiger partial charge in [0.1, 0.15) is 0 Å². The van der Waals surface area contributed by atoms with Crippen LogP contribution in [-0.4, -0.2) is 24.3 Å². The number of carbonyl (C=O) groups is 3. The lowest BCUT2D eigenvalue weighted by atomic mass is 10.0. The SMILES string of the molecule is NC(=O)c1ccc(NC(=O)C(=O)N2CCCc3ccccc32)cc1. The zero-order valence-electron chi connectivity index (χ0n) is 13.0. The van der Waals surface area contributed by atoms with Gasteiger partial charge in [-0.3, -0.25) is 14.4 Å². The second-order valence-corrected chi connectivity index (χ2v) is 5.58. The normalized spacial score (nSPS) is 13.1. The number of hydrogen-bond donors (Lipinski definition) is 2. The van der Waals surface area contributed by atoms with Gasteiger partial charge in [-0.15, -0.1) is 0 Å². The van der Waals surface area contributed by atoms with E-state index in [2.05, 4.69) is 5.32 Å². The highest BCUT2D eigenvalue weighted by Crippen LogP contribution is 2.26. The molecule has 0 bridgehead atoms. The Bertz CT molecular complexity index is 799. The summed E-state index contributed by atoms with van der Waals surface area (Å²) < 4.78 is 0. The summed E-state index contributed by atoms with van der Waals surface area (Å²) in [6, 6.07) is 13.7. The van der Waals surface area contributed by atoms with E-state index in [4.69, 9.17) is 5.73 Å². The molecular weight excluding hydrogens is 306 g/mol. The van der Waals surface area contributed by atoms with E-state index in [1.807, 2.05) is 24.3 Å². The van der Waals surface area contributed by atoms with Gasteiger partial charge in [-0.2, -0.15) is 0 Å². The van der Waals surface area contributed by atoms with Crippen molar-refractivity contribution in [1.29, 1.82) is 0 Å². The molecule has 2 aromatic rings. The minimum absolute atomic E-state index is 0.337. The number of primary amides is 1. The average molecular weight is 323 g/mol. The molecule has 6 heteroatoms. The van der Waals surface area contributed by atoms with Crippen molar-refractivity contribution in [3.63, 3.8) is 0 Å². The van der Waals surface area contributed by atoms with Crippen molar-refractivity contribution in [1.82, 2.24) is 0 Å². The minimum Gasteiger partial charge on any atom is -0.366 e. The summed E-state index contributed by atoms with van der Waals surface area (Å²) in [6.07, 6.45) is 1.72. The molecule has 0 atom stereocenters. The predicted molar refractivity (Wildman–Crippen MR) is 90.7 cm³/mol. The number of nitrogens with zero attached hydrogens (tertiary/aromatic N) is 1. The topological polar surface area (TPSA) is 92.5 Å². The van der Waals surface area contributed by atoms with Gasteiger partial charge in [0.2, 0.25) is 5.91 Å². The number of benzene rings is 2. The van der Waals surface area contributed by atoms with Crippen LogP contribution in [0.1, 0.15) is 22.3 Å². The monoisotopic (exact) mass is 323 g/mol. The number of amides is 3. The number of nitrogens with one attached hydrogen (secondary N) is 1. The Morgan fingerprint density at radius 1 is 1.00 bits per heavy atom. The van der Waals surface area contributed by atoms with Gasteiger partial charge in [0.05, 0.1) is 0 Å². The molecule has 0 fully saturated rings. The van der Waals surface area contributed by atoms with Crippen molar-refractivity contribution in [2.75, 3.05) is 16.8 Å². The molecule has 1 aliphatic heterocycles. The molecule has 3 rings (SSSR count). The second-order valence-electron chi connectivity index (χ2n) is 5.58. The van der Waals surface area contributed by atoms with E-state index in [1.54, 1.807) is 0 Å². The maximum Gasteiger partial charge on any atom is 0.316 e. The van der Waals surface area contributed by atoms with E-state index >= 15 is 0 Å². The van der Waals surface area contributed by atoms with Crippen LogP contribution in [0.5, 0.6) is 0 Å². The summed E-state index contributed by atoms with van der Waals surface area (Å²) in [5.41, 5.74) is 7.79. The first-order chi connectivity index (χ1) is 11.6. The van der Waals surface area contributed by atoms with E-state index in [1.165, 1.54) is 29.2 Å². The molecule has 0 unspecified atom stereocenters.